The molecule has 1 saturated heterocycles. The highest BCUT2D eigenvalue weighted by Crippen LogP contribution is 2.27. The second-order valence-electron chi connectivity index (χ2n) is 9.67. The van der Waals surface area contributed by atoms with Crippen LogP contribution in [0.2, 0.25) is 0 Å². The monoisotopic (exact) mass is 464 g/mol. The fourth-order valence-electron chi connectivity index (χ4n) is 4.97. The SMILES string of the molecule is Cc1ccc(C)c(CN2CCC(CNC(=O)c3c(-c4ccccc4)nnc4ccccc34)CC2)c1. The van der Waals surface area contributed by atoms with E-state index in [9.17, 15) is 4.79 Å². The number of rotatable bonds is 6. The van der Waals surface area contributed by atoms with Gasteiger partial charge in [-0.05, 0) is 62.9 Å². The molecule has 4 aromatic rings. The summed E-state index contributed by atoms with van der Waals surface area (Å²) in [5.41, 5.74) is 6.96. The average molecular weight is 465 g/mol. The Kier molecular flexibility index (Phi) is 6.87. The molecule has 1 aliphatic rings. The van der Waals surface area contributed by atoms with E-state index >= 15 is 0 Å². The molecule has 0 aliphatic carbocycles. The molecule has 5 rings (SSSR count). The van der Waals surface area contributed by atoms with Crippen LogP contribution in [0.25, 0.3) is 22.2 Å². The molecule has 5 nitrogen and oxygen atoms in total. The van der Waals surface area contributed by atoms with Crippen molar-refractivity contribution in [3.63, 3.8) is 0 Å². The summed E-state index contributed by atoms with van der Waals surface area (Å²) < 4.78 is 0. The van der Waals surface area contributed by atoms with Crippen molar-refractivity contribution < 1.29 is 4.79 Å². The summed E-state index contributed by atoms with van der Waals surface area (Å²) in [6, 6.07) is 24.3. The zero-order valence-corrected chi connectivity index (χ0v) is 20.5. The van der Waals surface area contributed by atoms with Gasteiger partial charge in [-0.3, -0.25) is 9.69 Å². The van der Waals surface area contributed by atoms with E-state index in [0.29, 0.717) is 23.7 Å². The minimum atomic E-state index is -0.0761. The number of amides is 1. The summed E-state index contributed by atoms with van der Waals surface area (Å²) in [7, 11) is 0. The molecule has 2 heterocycles. The van der Waals surface area contributed by atoms with Gasteiger partial charge in [-0.25, -0.2) is 0 Å². The number of nitrogens with one attached hydrogen (secondary N) is 1. The first kappa shape index (κ1) is 23.2. The number of carbonyl (C=O) groups excluding carboxylic acids is 1. The van der Waals surface area contributed by atoms with E-state index in [2.05, 4.69) is 52.5 Å². The van der Waals surface area contributed by atoms with Crippen LogP contribution in [0.15, 0.2) is 72.8 Å². The molecule has 0 spiro atoms. The summed E-state index contributed by atoms with van der Waals surface area (Å²) in [5, 5.41) is 12.9. The number of piperidine rings is 1. The molecular weight excluding hydrogens is 432 g/mol. The Hall–Kier alpha value is -3.57. The lowest BCUT2D eigenvalue weighted by atomic mass is 9.95. The number of hydrogen-bond donors (Lipinski definition) is 1. The largest absolute Gasteiger partial charge is 0.352 e. The summed E-state index contributed by atoms with van der Waals surface area (Å²) in [4.78, 5) is 16.0. The van der Waals surface area contributed by atoms with Gasteiger partial charge >= 0.3 is 0 Å². The third-order valence-electron chi connectivity index (χ3n) is 7.10. The van der Waals surface area contributed by atoms with Crippen molar-refractivity contribution in [3.05, 3.63) is 95.1 Å². The first-order valence-corrected chi connectivity index (χ1v) is 12.5. The standard InChI is InChI=1S/C30H32N4O/c1-21-12-13-22(2)25(18-21)20-34-16-14-23(15-17-34)19-31-30(35)28-26-10-6-7-11-27(26)32-33-29(28)24-8-4-3-5-9-24/h3-13,18,23H,14-17,19-20H2,1-2H3,(H,31,35). The number of fused-ring (bicyclic) bond motifs is 1. The van der Waals surface area contributed by atoms with Crippen molar-refractivity contribution in [2.75, 3.05) is 19.6 Å². The van der Waals surface area contributed by atoms with Crippen LogP contribution < -0.4 is 5.32 Å². The quantitative estimate of drug-likeness (QED) is 0.406. The van der Waals surface area contributed by atoms with Gasteiger partial charge < -0.3 is 5.32 Å². The highest BCUT2D eigenvalue weighted by Gasteiger charge is 2.23. The van der Waals surface area contributed by atoms with E-state index in [4.69, 9.17) is 0 Å². The summed E-state index contributed by atoms with van der Waals surface area (Å²) in [6.07, 6.45) is 2.18. The van der Waals surface area contributed by atoms with Crippen molar-refractivity contribution >= 4 is 16.8 Å². The molecule has 1 fully saturated rings. The maximum absolute atomic E-state index is 13.5. The molecule has 0 saturated carbocycles. The highest BCUT2D eigenvalue weighted by atomic mass is 16.1. The van der Waals surface area contributed by atoms with Gasteiger partial charge in [-0.2, -0.15) is 0 Å². The smallest absolute Gasteiger partial charge is 0.254 e. The minimum absolute atomic E-state index is 0.0761. The summed E-state index contributed by atoms with van der Waals surface area (Å²) >= 11 is 0. The second-order valence-corrected chi connectivity index (χ2v) is 9.67. The van der Waals surface area contributed by atoms with Crippen molar-refractivity contribution in [3.8, 4) is 11.3 Å². The summed E-state index contributed by atoms with van der Waals surface area (Å²) in [6.45, 7) is 8.15. The molecule has 1 N–H and O–H groups in total. The Morgan fingerprint density at radius 3 is 2.49 bits per heavy atom. The Morgan fingerprint density at radius 1 is 0.943 bits per heavy atom. The number of hydrogen-bond acceptors (Lipinski definition) is 4. The molecule has 0 atom stereocenters. The predicted molar refractivity (Wildman–Crippen MR) is 141 cm³/mol. The molecule has 0 unspecified atom stereocenters. The molecule has 0 bridgehead atoms. The molecule has 1 amide bonds. The topological polar surface area (TPSA) is 58.1 Å². The van der Waals surface area contributed by atoms with Gasteiger partial charge in [0.05, 0.1) is 11.1 Å². The number of benzene rings is 3. The maximum Gasteiger partial charge on any atom is 0.254 e. The van der Waals surface area contributed by atoms with Gasteiger partial charge in [0, 0.05) is 24.0 Å². The molecule has 1 aliphatic heterocycles. The van der Waals surface area contributed by atoms with Gasteiger partial charge in [-0.1, -0.05) is 72.3 Å². The molecule has 35 heavy (non-hydrogen) atoms. The van der Waals surface area contributed by atoms with Crippen LogP contribution >= 0.6 is 0 Å². The lowest BCUT2D eigenvalue weighted by Crippen LogP contribution is -2.38. The van der Waals surface area contributed by atoms with E-state index in [0.717, 1.165) is 48.9 Å². The van der Waals surface area contributed by atoms with Gasteiger partial charge in [0.1, 0.15) is 5.69 Å². The molecule has 0 radical (unpaired) electrons. The lowest BCUT2D eigenvalue weighted by molar-refractivity contribution is 0.0937. The number of carbonyl (C=O) groups is 1. The van der Waals surface area contributed by atoms with E-state index < -0.39 is 0 Å². The van der Waals surface area contributed by atoms with Crippen LogP contribution in [-0.4, -0.2) is 40.6 Å². The van der Waals surface area contributed by atoms with Crippen LogP contribution in [0.3, 0.4) is 0 Å². The van der Waals surface area contributed by atoms with Crippen molar-refractivity contribution in [2.45, 2.75) is 33.2 Å². The van der Waals surface area contributed by atoms with Crippen molar-refractivity contribution in [2.24, 2.45) is 5.92 Å². The fourth-order valence-corrected chi connectivity index (χ4v) is 4.97. The van der Waals surface area contributed by atoms with Crippen LogP contribution in [0, 0.1) is 19.8 Å². The van der Waals surface area contributed by atoms with Crippen LogP contribution in [0.4, 0.5) is 0 Å². The van der Waals surface area contributed by atoms with Gasteiger partial charge in [0.2, 0.25) is 0 Å². The van der Waals surface area contributed by atoms with Crippen LogP contribution in [0.1, 0.15) is 39.9 Å². The highest BCUT2D eigenvalue weighted by molar-refractivity contribution is 6.10. The first-order valence-electron chi connectivity index (χ1n) is 12.5. The van der Waals surface area contributed by atoms with Crippen molar-refractivity contribution in [1.29, 1.82) is 0 Å². The summed E-state index contributed by atoms with van der Waals surface area (Å²) in [5.74, 6) is 0.405. The molecular formula is C30H32N4O. The van der Waals surface area contributed by atoms with E-state index in [1.165, 1.54) is 16.7 Å². The third kappa shape index (κ3) is 5.25. The van der Waals surface area contributed by atoms with Crippen molar-refractivity contribution in [1.82, 2.24) is 20.4 Å². The van der Waals surface area contributed by atoms with E-state index in [1.807, 2.05) is 54.6 Å². The minimum Gasteiger partial charge on any atom is -0.352 e. The zero-order chi connectivity index (χ0) is 24.2. The third-order valence-corrected chi connectivity index (χ3v) is 7.10. The number of aromatic nitrogens is 2. The Balaban J connectivity index is 1.26. The molecule has 1 aromatic heterocycles. The van der Waals surface area contributed by atoms with Gasteiger partial charge in [0.25, 0.3) is 5.91 Å². The molecule has 3 aromatic carbocycles. The van der Waals surface area contributed by atoms with E-state index in [-0.39, 0.29) is 5.91 Å². The number of nitrogens with zero attached hydrogens (tertiary/aromatic N) is 3. The van der Waals surface area contributed by atoms with Gasteiger partial charge in [0.15, 0.2) is 0 Å². The predicted octanol–water partition coefficient (Wildman–Crippen LogP) is 5.56. The Labute approximate surface area is 207 Å². The molecule has 178 valence electrons. The number of likely N-dealkylation sites (tertiary alicyclic amines) is 1. The fraction of sp³-hybridized carbons (Fsp3) is 0.300. The normalized spacial score (nSPS) is 14.8. The number of aryl methyl sites for hydroxylation is 2. The van der Waals surface area contributed by atoms with Gasteiger partial charge in [-0.15, -0.1) is 10.2 Å². The lowest BCUT2D eigenvalue weighted by Gasteiger charge is -2.32. The first-order chi connectivity index (χ1) is 17.1. The average Bonchev–Trinajstić information content (AvgIpc) is 2.90. The maximum atomic E-state index is 13.5. The van der Waals surface area contributed by atoms with Crippen LogP contribution in [0.5, 0.6) is 0 Å². The van der Waals surface area contributed by atoms with Crippen LogP contribution in [-0.2, 0) is 6.54 Å². The Bertz CT molecular complexity index is 1330. The molecule has 5 heteroatoms. The zero-order valence-electron chi connectivity index (χ0n) is 20.5. The van der Waals surface area contributed by atoms with E-state index in [1.54, 1.807) is 0 Å². The second kappa shape index (κ2) is 10.4. The Morgan fingerprint density at radius 2 is 1.69 bits per heavy atom.